The van der Waals surface area contributed by atoms with Crippen LogP contribution in [0.1, 0.15) is 11.1 Å². The van der Waals surface area contributed by atoms with Gasteiger partial charge >= 0.3 is 5.69 Å². The second-order valence-electron chi connectivity index (χ2n) is 5.10. The van der Waals surface area contributed by atoms with Gasteiger partial charge in [0.1, 0.15) is 5.75 Å². The minimum Gasteiger partial charge on any atom is -0.508 e. The predicted molar refractivity (Wildman–Crippen MR) is 89.7 cm³/mol. The van der Waals surface area contributed by atoms with Gasteiger partial charge in [0.2, 0.25) is 5.75 Å². The lowest BCUT2D eigenvalue weighted by Crippen LogP contribution is -1.94. The highest BCUT2D eigenvalue weighted by molar-refractivity contribution is 5.77. The highest BCUT2D eigenvalue weighted by Gasteiger charge is 2.20. The van der Waals surface area contributed by atoms with Gasteiger partial charge < -0.3 is 10.2 Å². The Balaban J connectivity index is 2.66. The van der Waals surface area contributed by atoms with Crippen LogP contribution in [0.3, 0.4) is 0 Å². The Morgan fingerprint density at radius 2 is 1.78 bits per heavy atom. The standard InChI is InChI=1S/C18H17NO4/c1-3-5-12-9-15(18(21)16(10-12)19(22)23)13-7-8-17(20)14(11-13)6-4-2/h3-4,7-11,20-21H,1-2,5-6H2. The molecule has 0 radical (unpaired) electrons. The Morgan fingerprint density at radius 3 is 2.39 bits per heavy atom. The molecule has 0 unspecified atom stereocenters. The van der Waals surface area contributed by atoms with Gasteiger partial charge in [0.25, 0.3) is 0 Å². The van der Waals surface area contributed by atoms with Crippen LogP contribution in [0.5, 0.6) is 11.5 Å². The molecule has 0 saturated heterocycles. The molecule has 23 heavy (non-hydrogen) atoms. The molecule has 0 aliphatic heterocycles. The number of aromatic hydroxyl groups is 2. The average Bonchev–Trinajstić information content (AvgIpc) is 2.51. The molecule has 5 heteroatoms. The van der Waals surface area contributed by atoms with E-state index in [1.54, 1.807) is 30.4 Å². The Labute approximate surface area is 134 Å². The molecule has 2 aromatic carbocycles. The molecule has 0 fully saturated rings. The van der Waals surface area contributed by atoms with Gasteiger partial charge in [-0.25, -0.2) is 0 Å². The third-order valence-corrected chi connectivity index (χ3v) is 3.48. The summed E-state index contributed by atoms with van der Waals surface area (Å²) in [6.07, 6.45) is 4.19. The van der Waals surface area contributed by atoms with Gasteiger partial charge in [0.05, 0.1) is 4.92 Å². The van der Waals surface area contributed by atoms with Gasteiger partial charge in [-0.1, -0.05) is 18.2 Å². The number of hydrogen-bond acceptors (Lipinski definition) is 4. The molecule has 0 bridgehead atoms. The topological polar surface area (TPSA) is 83.6 Å². The first-order valence-electron chi connectivity index (χ1n) is 7.02. The molecular weight excluding hydrogens is 294 g/mol. The fourth-order valence-corrected chi connectivity index (χ4v) is 2.39. The van der Waals surface area contributed by atoms with E-state index in [9.17, 15) is 20.3 Å². The fourth-order valence-electron chi connectivity index (χ4n) is 2.39. The Morgan fingerprint density at radius 1 is 1.09 bits per heavy atom. The number of allylic oxidation sites excluding steroid dienone is 2. The van der Waals surface area contributed by atoms with Gasteiger partial charge in [-0.3, -0.25) is 10.1 Å². The molecule has 2 N–H and O–H groups in total. The second kappa shape index (κ2) is 6.79. The lowest BCUT2D eigenvalue weighted by atomic mass is 9.96. The maximum absolute atomic E-state index is 11.2. The molecular formula is C18H17NO4. The summed E-state index contributed by atoms with van der Waals surface area (Å²) in [4.78, 5) is 10.5. The van der Waals surface area contributed by atoms with Crippen LogP contribution < -0.4 is 0 Å². The molecule has 118 valence electrons. The highest BCUT2D eigenvalue weighted by atomic mass is 16.6. The van der Waals surface area contributed by atoms with Gasteiger partial charge in [0, 0.05) is 11.6 Å². The normalized spacial score (nSPS) is 10.3. The first-order chi connectivity index (χ1) is 11.0. The smallest absolute Gasteiger partial charge is 0.311 e. The molecule has 0 amide bonds. The van der Waals surface area contributed by atoms with Crippen molar-refractivity contribution in [2.75, 3.05) is 0 Å². The van der Waals surface area contributed by atoms with Gasteiger partial charge in [-0.15, -0.1) is 13.2 Å². The molecule has 0 aliphatic rings. The lowest BCUT2D eigenvalue weighted by Gasteiger charge is -2.10. The van der Waals surface area contributed by atoms with E-state index in [-0.39, 0.29) is 11.4 Å². The lowest BCUT2D eigenvalue weighted by molar-refractivity contribution is -0.385. The molecule has 5 nitrogen and oxygen atoms in total. The Kier molecular flexibility index (Phi) is 4.81. The van der Waals surface area contributed by atoms with E-state index in [1.165, 1.54) is 12.1 Å². The van der Waals surface area contributed by atoms with E-state index in [4.69, 9.17) is 0 Å². The van der Waals surface area contributed by atoms with Crippen LogP contribution in [0.15, 0.2) is 55.6 Å². The van der Waals surface area contributed by atoms with Crippen molar-refractivity contribution in [2.45, 2.75) is 12.8 Å². The SMILES string of the molecule is C=CCc1cc(-c2ccc(O)c(CC=C)c2)c(O)c([N+](=O)[O-])c1. The molecule has 0 spiro atoms. The summed E-state index contributed by atoms with van der Waals surface area (Å²) >= 11 is 0. The van der Waals surface area contributed by atoms with Crippen molar-refractivity contribution in [3.63, 3.8) is 0 Å². The summed E-state index contributed by atoms with van der Waals surface area (Å²) in [5, 5.41) is 31.2. The predicted octanol–water partition coefficient (Wildman–Crippen LogP) is 4.13. The van der Waals surface area contributed by atoms with Crippen LogP contribution in [-0.4, -0.2) is 15.1 Å². The number of rotatable bonds is 6. The fraction of sp³-hybridized carbons (Fsp3) is 0.111. The number of phenols is 2. The zero-order valence-electron chi connectivity index (χ0n) is 12.5. The van der Waals surface area contributed by atoms with Crippen LogP contribution >= 0.6 is 0 Å². The van der Waals surface area contributed by atoms with Crippen LogP contribution in [0.2, 0.25) is 0 Å². The average molecular weight is 311 g/mol. The van der Waals surface area contributed by atoms with Gasteiger partial charge in [0.15, 0.2) is 0 Å². The van der Waals surface area contributed by atoms with Crippen molar-refractivity contribution >= 4 is 5.69 Å². The first-order valence-corrected chi connectivity index (χ1v) is 7.02. The maximum Gasteiger partial charge on any atom is 0.311 e. The van der Waals surface area contributed by atoms with Crippen molar-refractivity contribution in [3.05, 3.63) is 76.9 Å². The summed E-state index contributed by atoms with van der Waals surface area (Å²) < 4.78 is 0. The quantitative estimate of drug-likeness (QED) is 0.477. The summed E-state index contributed by atoms with van der Waals surface area (Å²) in [6.45, 7) is 7.26. The van der Waals surface area contributed by atoms with Gasteiger partial charge in [-0.05, 0) is 47.7 Å². The summed E-state index contributed by atoms with van der Waals surface area (Å²) in [6, 6.07) is 7.82. The zero-order chi connectivity index (χ0) is 17.0. The Bertz CT molecular complexity index is 781. The molecule has 2 rings (SSSR count). The van der Waals surface area contributed by atoms with E-state index >= 15 is 0 Å². The van der Waals surface area contributed by atoms with E-state index < -0.39 is 10.7 Å². The number of phenolic OH excluding ortho intramolecular Hbond substituents is 2. The first kappa shape index (κ1) is 16.3. The zero-order valence-corrected chi connectivity index (χ0v) is 12.5. The monoisotopic (exact) mass is 311 g/mol. The molecule has 0 heterocycles. The van der Waals surface area contributed by atoms with Crippen LogP contribution in [-0.2, 0) is 12.8 Å². The van der Waals surface area contributed by atoms with Crippen molar-refractivity contribution in [3.8, 4) is 22.6 Å². The molecule has 0 aliphatic carbocycles. The van der Waals surface area contributed by atoms with E-state index in [1.807, 2.05) is 0 Å². The van der Waals surface area contributed by atoms with Crippen molar-refractivity contribution in [1.82, 2.24) is 0 Å². The molecule has 0 aromatic heterocycles. The van der Waals surface area contributed by atoms with E-state index in [0.29, 0.717) is 35.1 Å². The summed E-state index contributed by atoms with van der Waals surface area (Å²) in [5.41, 5.74) is 1.90. The molecule has 0 atom stereocenters. The minimum atomic E-state index is -0.615. The minimum absolute atomic E-state index is 0.116. The van der Waals surface area contributed by atoms with Crippen molar-refractivity contribution < 1.29 is 15.1 Å². The van der Waals surface area contributed by atoms with Crippen molar-refractivity contribution in [1.29, 1.82) is 0 Å². The van der Waals surface area contributed by atoms with E-state index in [0.717, 1.165) is 0 Å². The van der Waals surface area contributed by atoms with Crippen LogP contribution in [0, 0.1) is 10.1 Å². The van der Waals surface area contributed by atoms with E-state index in [2.05, 4.69) is 13.2 Å². The van der Waals surface area contributed by atoms with Gasteiger partial charge in [-0.2, -0.15) is 0 Å². The maximum atomic E-state index is 11.2. The third-order valence-electron chi connectivity index (χ3n) is 3.48. The molecule has 2 aromatic rings. The number of nitrogens with zero attached hydrogens (tertiary/aromatic N) is 1. The third kappa shape index (κ3) is 3.40. The largest absolute Gasteiger partial charge is 0.508 e. The second-order valence-corrected chi connectivity index (χ2v) is 5.10. The number of benzene rings is 2. The van der Waals surface area contributed by atoms with Crippen LogP contribution in [0.4, 0.5) is 5.69 Å². The number of nitro benzene ring substituents is 1. The van der Waals surface area contributed by atoms with Crippen LogP contribution in [0.25, 0.3) is 11.1 Å². The number of hydrogen-bond donors (Lipinski definition) is 2. The number of nitro groups is 1. The summed E-state index contributed by atoms with van der Waals surface area (Å²) in [5.74, 6) is -0.275. The highest BCUT2D eigenvalue weighted by Crippen LogP contribution is 2.39. The van der Waals surface area contributed by atoms with Crippen molar-refractivity contribution in [2.24, 2.45) is 0 Å². The molecule has 0 saturated carbocycles. The summed E-state index contributed by atoms with van der Waals surface area (Å²) in [7, 11) is 0. The Hall–Kier alpha value is -3.08.